The number of ketones is 1. The van der Waals surface area contributed by atoms with Crippen molar-refractivity contribution in [1.29, 1.82) is 0 Å². The molecule has 0 aliphatic carbocycles. The van der Waals surface area contributed by atoms with Gasteiger partial charge in [0.25, 0.3) is 11.9 Å². The second-order valence-corrected chi connectivity index (χ2v) is 3.80. The average Bonchev–Trinajstić information content (AvgIpc) is 2.46. The maximum absolute atomic E-state index is 13.3. The van der Waals surface area contributed by atoms with E-state index in [1.165, 1.54) is 12.1 Å². The largest absolute Gasteiger partial charge is 0.289 e. The average molecular weight is 281 g/mol. The van der Waals surface area contributed by atoms with E-state index in [-0.39, 0.29) is 5.56 Å². The number of pyridine rings is 1. The third-order valence-electron chi connectivity index (χ3n) is 2.49. The molecule has 0 aliphatic rings. The predicted molar refractivity (Wildman–Crippen MR) is 63.9 cm³/mol. The van der Waals surface area contributed by atoms with Crippen molar-refractivity contribution in [3.05, 3.63) is 71.1 Å². The van der Waals surface area contributed by atoms with Crippen LogP contribution in [0.3, 0.4) is 0 Å². The SMILES string of the molecule is O=C(/C=C/c1c(F)c(F)nc(F)c1F)c1ccccc1. The topological polar surface area (TPSA) is 30.0 Å². The number of rotatable bonds is 3. The number of hydrogen-bond donors (Lipinski definition) is 0. The molecule has 1 aromatic heterocycles. The molecule has 0 amide bonds. The Kier molecular flexibility index (Phi) is 3.93. The highest BCUT2D eigenvalue weighted by atomic mass is 19.2. The number of nitrogens with zero attached hydrogens (tertiary/aromatic N) is 1. The maximum atomic E-state index is 13.3. The Bertz CT molecular complexity index is 657. The summed E-state index contributed by atoms with van der Waals surface area (Å²) in [5.41, 5.74) is -0.709. The fourth-order valence-corrected chi connectivity index (χ4v) is 1.51. The van der Waals surface area contributed by atoms with Crippen molar-refractivity contribution in [2.75, 3.05) is 0 Å². The number of aromatic nitrogens is 1. The van der Waals surface area contributed by atoms with Crippen molar-refractivity contribution in [2.24, 2.45) is 0 Å². The Hall–Kier alpha value is -2.50. The molecule has 0 aliphatic heterocycles. The number of allylic oxidation sites excluding steroid dienone is 1. The van der Waals surface area contributed by atoms with Crippen LogP contribution in [0, 0.1) is 23.5 Å². The first kappa shape index (κ1) is 13.9. The van der Waals surface area contributed by atoms with E-state index in [2.05, 4.69) is 4.98 Å². The highest BCUT2D eigenvalue weighted by molar-refractivity contribution is 6.06. The van der Waals surface area contributed by atoms with Crippen molar-refractivity contribution < 1.29 is 22.4 Å². The van der Waals surface area contributed by atoms with E-state index in [0.29, 0.717) is 6.08 Å². The van der Waals surface area contributed by atoms with E-state index >= 15 is 0 Å². The van der Waals surface area contributed by atoms with Gasteiger partial charge in [0.15, 0.2) is 17.4 Å². The molecule has 2 aromatic rings. The summed E-state index contributed by atoms with van der Waals surface area (Å²) in [7, 11) is 0. The summed E-state index contributed by atoms with van der Waals surface area (Å²) in [4.78, 5) is 14.1. The fraction of sp³-hybridized carbons (Fsp3) is 0. The van der Waals surface area contributed by atoms with E-state index in [1.54, 1.807) is 18.2 Å². The van der Waals surface area contributed by atoms with Gasteiger partial charge >= 0.3 is 0 Å². The zero-order valence-corrected chi connectivity index (χ0v) is 9.91. The molecule has 0 fully saturated rings. The molecule has 20 heavy (non-hydrogen) atoms. The van der Waals surface area contributed by atoms with Crippen LogP contribution >= 0.6 is 0 Å². The van der Waals surface area contributed by atoms with Crippen LogP contribution in [-0.2, 0) is 0 Å². The molecular weight excluding hydrogens is 274 g/mol. The number of carbonyl (C=O) groups is 1. The first-order valence-corrected chi connectivity index (χ1v) is 5.48. The van der Waals surface area contributed by atoms with Gasteiger partial charge in [0.1, 0.15) is 0 Å². The lowest BCUT2D eigenvalue weighted by Crippen LogP contribution is -2.03. The lowest BCUT2D eigenvalue weighted by atomic mass is 10.1. The van der Waals surface area contributed by atoms with Crippen molar-refractivity contribution in [3.63, 3.8) is 0 Å². The van der Waals surface area contributed by atoms with Gasteiger partial charge in [-0.1, -0.05) is 30.3 Å². The maximum Gasteiger partial charge on any atom is 0.252 e. The monoisotopic (exact) mass is 281 g/mol. The van der Waals surface area contributed by atoms with Gasteiger partial charge in [0.2, 0.25) is 0 Å². The Morgan fingerprint density at radius 1 is 0.950 bits per heavy atom. The molecule has 2 rings (SSSR count). The number of carbonyl (C=O) groups excluding carboxylic acids is 1. The standard InChI is InChI=1S/C14H7F4NO/c15-11-9(12(16)14(18)19-13(11)17)6-7-10(20)8-4-2-1-3-5-8/h1-7H/b7-6+. The second kappa shape index (κ2) is 5.64. The zero-order chi connectivity index (χ0) is 14.7. The molecule has 1 heterocycles. The molecule has 0 radical (unpaired) electrons. The third kappa shape index (κ3) is 2.74. The smallest absolute Gasteiger partial charge is 0.252 e. The van der Waals surface area contributed by atoms with Crippen LogP contribution in [0.25, 0.3) is 6.08 Å². The van der Waals surface area contributed by atoms with Gasteiger partial charge < -0.3 is 0 Å². The quantitative estimate of drug-likeness (QED) is 0.373. The van der Waals surface area contributed by atoms with Crippen LogP contribution in [0.15, 0.2) is 36.4 Å². The first-order chi connectivity index (χ1) is 9.50. The molecular formula is C14H7F4NO. The van der Waals surface area contributed by atoms with E-state index in [9.17, 15) is 22.4 Å². The van der Waals surface area contributed by atoms with E-state index in [0.717, 1.165) is 6.08 Å². The summed E-state index contributed by atoms with van der Waals surface area (Å²) < 4.78 is 52.3. The Morgan fingerprint density at radius 2 is 1.50 bits per heavy atom. The molecule has 6 heteroatoms. The van der Waals surface area contributed by atoms with Gasteiger partial charge in [-0.15, -0.1) is 0 Å². The molecule has 0 unspecified atom stereocenters. The van der Waals surface area contributed by atoms with E-state index in [1.807, 2.05) is 0 Å². The highest BCUT2D eigenvalue weighted by Crippen LogP contribution is 2.18. The normalized spacial score (nSPS) is 11.0. The molecule has 0 saturated carbocycles. The lowest BCUT2D eigenvalue weighted by molar-refractivity contribution is 0.104. The molecule has 2 nitrogen and oxygen atoms in total. The van der Waals surface area contributed by atoms with Crippen LogP contribution in [0.5, 0.6) is 0 Å². The molecule has 0 spiro atoms. The zero-order valence-electron chi connectivity index (χ0n) is 9.91. The number of hydrogen-bond acceptors (Lipinski definition) is 2. The minimum Gasteiger partial charge on any atom is -0.289 e. The minimum atomic E-state index is -1.77. The van der Waals surface area contributed by atoms with E-state index < -0.39 is 34.9 Å². The summed E-state index contributed by atoms with van der Waals surface area (Å²) in [5.74, 6) is -7.39. The molecule has 0 atom stereocenters. The van der Waals surface area contributed by atoms with Gasteiger partial charge in [-0.2, -0.15) is 13.8 Å². The molecule has 0 bridgehead atoms. The minimum absolute atomic E-state index is 0.277. The molecule has 102 valence electrons. The summed E-state index contributed by atoms with van der Waals surface area (Å²) in [5, 5.41) is 0. The summed E-state index contributed by atoms with van der Waals surface area (Å²) in [6.45, 7) is 0. The Morgan fingerprint density at radius 3 is 2.05 bits per heavy atom. The van der Waals surface area contributed by atoms with Crippen LogP contribution < -0.4 is 0 Å². The molecule has 0 saturated heterocycles. The number of halogens is 4. The van der Waals surface area contributed by atoms with Crippen LogP contribution in [0.1, 0.15) is 15.9 Å². The van der Waals surface area contributed by atoms with Gasteiger partial charge in [-0.05, 0) is 12.2 Å². The summed E-state index contributed by atoms with van der Waals surface area (Å²) in [6, 6.07) is 7.88. The Labute approximate surface area is 111 Å². The van der Waals surface area contributed by atoms with Crippen molar-refractivity contribution in [3.8, 4) is 0 Å². The fourth-order valence-electron chi connectivity index (χ4n) is 1.51. The summed E-state index contributed by atoms with van der Waals surface area (Å²) in [6.07, 6.45) is 1.50. The predicted octanol–water partition coefficient (Wildman–Crippen LogP) is 3.53. The number of benzene rings is 1. The van der Waals surface area contributed by atoms with Gasteiger partial charge in [0, 0.05) is 5.56 Å². The van der Waals surface area contributed by atoms with Crippen LogP contribution in [0.2, 0.25) is 0 Å². The first-order valence-electron chi connectivity index (χ1n) is 5.48. The van der Waals surface area contributed by atoms with Crippen molar-refractivity contribution in [1.82, 2.24) is 4.98 Å². The second-order valence-electron chi connectivity index (χ2n) is 3.80. The summed E-state index contributed by atoms with van der Waals surface area (Å²) >= 11 is 0. The molecule has 1 aromatic carbocycles. The van der Waals surface area contributed by atoms with Gasteiger partial charge in [-0.3, -0.25) is 4.79 Å². The van der Waals surface area contributed by atoms with Crippen molar-refractivity contribution >= 4 is 11.9 Å². The van der Waals surface area contributed by atoms with Crippen LogP contribution in [-0.4, -0.2) is 10.8 Å². The highest BCUT2D eigenvalue weighted by Gasteiger charge is 2.18. The van der Waals surface area contributed by atoms with Gasteiger partial charge in [-0.25, -0.2) is 8.78 Å². The third-order valence-corrected chi connectivity index (χ3v) is 2.49. The van der Waals surface area contributed by atoms with Gasteiger partial charge in [0.05, 0.1) is 5.56 Å². The van der Waals surface area contributed by atoms with Crippen LogP contribution in [0.4, 0.5) is 17.6 Å². The van der Waals surface area contributed by atoms with Crippen molar-refractivity contribution in [2.45, 2.75) is 0 Å². The Balaban J connectivity index is 2.36. The lowest BCUT2D eigenvalue weighted by Gasteiger charge is -2.01. The molecule has 0 N–H and O–H groups in total. The van der Waals surface area contributed by atoms with E-state index in [4.69, 9.17) is 0 Å².